The minimum absolute atomic E-state index is 0.196. The molecule has 0 saturated carbocycles. The molecule has 4 nitrogen and oxygen atoms in total. The van der Waals surface area contributed by atoms with E-state index in [2.05, 4.69) is 9.98 Å². The number of halogens is 1. The van der Waals surface area contributed by atoms with Crippen LogP contribution < -0.4 is 0 Å². The van der Waals surface area contributed by atoms with Gasteiger partial charge >= 0.3 is 0 Å². The summed E-state index contributed by atoms with van der Waals surface area (Å²) in [6, 6.07) is 14.9. The van der Waals surface area contributed by atoms with Crippen molar-refractivity contribution in [2.24, 2.45) is 9.98 Å². The average molecular weight is 270 g/mol. The summed E-state index contributed by atoms with van der Waals surface area (Å²) in [5.41, 5.74) is 1.32. The van der Waals surface area contributed by atoms with Crippen LogP contribution in [0.4, 0.5) is 10.1 Å². The molecule has 0 amide bonds. The van der Waals surface area contributed by atoms with Gasteiger partial charge in [-0.15, -0.1) is 0 Å². The van der Waals surface area contributed by atoms with E-state index in [-0.39, 0.29) is 12.4 Å². The van der Waals surface area contributed by atoms with Crippen LogP contribution in [0, 0.1) is 5.82 Å². The fourth-order valence-electron chi connectivity index (χ4n) is 1.31. The third-order valence-corrected chi connectivity index (χ3v) is 2.15. The van der Waals surface area contributed by atoms with E-state index in [1.54, 1.807) is 24.3 Å². The molecule has 0 aromatic heterocycles. The molecule has 2 aromatic carbocycles. The van der Waals surface area contributed by atoms with Crippen molar-refractivity contribution in [1.82, 2.24) is 0 Å². The Kier molecular flexibility index (Phi) is 6.92. The number of isocyanates is 2. The van der Waals surface area contributed by atoms with Crippen molar-refractivity contribution in [3.05, 3.63) is 66.0 Å². The monoisotopic (exact) mass is 270 g/mol. The van der Waals surface area contributed by atoms with Gasteiger partial charge in [-0.2, -0.15) is 4.99 Å². The number of hydrogen-bond acceptors (Lipinski definition) is 4. The van der Waals surface area contributed by atoms with Gasteiger partial charge < -0.3 is 0 Å². The highest BCUT2D eigenvalue weighted by Gasteiger charge is 1.91. The zero-order chi connectivity index (χ0) is 14.6. The fraction of sp³-hybridized carbons (Fsp3) is 0.0667. The SMILES string of the molecule is O=C=NCc1cccc(F)c1.O=C=Nc1ccccc1. The highest BCUT2D eigenvalue weighted by molar-refractivity contribution is 5.47. The second-order valence-electron chi connectivity index (χ2n) is 3.58. The molecule has 0 atom stereocenters. The van der Waals surface area contributed by atoms with E-state index < -0.39 is 0 Å². The number of para-hydroxylation sites is 1. The maximum absolute atomic E-state index is 12.5. The number of rotatable bonds is 3. The summed E-state index contributed by atoms with van der Waals surface area (Å²) in [7, 11) is 0. The van der Waals surface area contributed by atoms with Crippen LogP contribution >= 0.6 is 0 Å². The van der Waals surface area contributed by atoms with Crippen molar-refractivity contribution in [3.8, 4) is 0 Å². The molecule has 2 rings (SSSR count). The molecule has 0 radical (unpaired) electrons. The highest BCUT2D eigenvalue weighted by atomic mass is 19.1. The van der Waals surface area contributed by atoms with Crippen LogP contribution in [0.3, 0.4) is 0 Å². The summed E-state index contributed by atoms with van der Waals surface area (Å²) in [6.07, 6.45) is 2.85. The van der Waals surface area contributed by atoms with Crippen LogP contribution in [-0.2, 0) is 16.1 Å². The molecule has 100 valence electrons. The summed E-state index contributed by atoms with van der Waals surface area (Å²) in [6.45, 7) is 0.196. The molecular weight excluding hydrogens is 259 g/mol. The first kappa shape index (κ1) is 15.2. The molecule has 0 N–H and O–H groups in total. The van der Waals surface area contributed by atoms with Crippen LogP contribution in [0.2, 0.25) is 0 Å². The van der Waals surface area contributed by atoms with Crippen LogP contribution in [0.1, 0.15) is 5.56 Å². The smallest absolute Gasteiger partial charge is 0.211 e. The molecule has 0 unspecified atom stereocenters. The summed E-state index contributed by atoms with van der Waals surface area (Å²) >= 11 is 0. The Morgan fingerprint density at radius 3 is 2.30 bits per heavy atom. The molecule has 0 spiro atoms. The first-order valence-electron chi connectivity index (χ1n) is 5.67. The Labute approximate surface area is 115 Å². The number of hydrogen-bond donors (Lipinski definition) is 0. The van der Waals surface area contributed by atoms with Gasteiger partial charge in [0.15, 0.2) is 0 Å². The molecule has 0 aliphatic carbocycles. The normalized spacial score (nSPS) is 8.45. The summed E-state index contributed by atoms with van der Waals surface area (Å²) < 4.78 is 12.5. The Hall–Kier alpha value is -2.87. The molecule has 0 heterocycles. The van der Waals surface area contributed by atoms with Gasteiger partial charge in [-0.05, 0) is 29.8 Å². The van der Waals surface area contributed by atoms with E-state index in [4.69, 9.17) is 0 Å². The second kappa shape index (κ2) is 9.11. The van der Waals surface area contributed by atoms with Gasteiger partial charge in [-0.3, -0.25) is 0 Å². The Bertz CT molecular complexity index is 631. The predicted octanol–water partition coefficient (Wildman–Crippen LogP) is 3.32. The summed E-state index contributed by atoms with van der Waals surface area (Å²) in [5, 5.41) is 0. The van der Waals surface area contributed by atoms with Gasteiger partial charge in [-0.1, -0.05) is 30.3 Å². The molecule has 20 heavy (non-hydrogen) atoms. The van der Waals surface area contributed by atoms with Crippen molar-refractivity contribution in [1.29, 1.82) is 0 Å². The van der Waals surface area contributed by atoms with E-state index in [1.807, 2.05) is 18.2 Å². The minimum atomic E-state index is -0.316. The molecule has 0 aliphatic rings. The molecule has 0 aliphatic heterocycles. The van der Waals surface area contributed by atoms with Crippen molar-refractivity contribution in [3.63, 3.8) is 0 Å². The first-order valence-corrected chi connectivity index (χ1v) is 5.67. The van der Waals surface area contributed by atoms with Gasteiger partial charge in [0, 0.05) is 0 Å². The Morgan fingerprint density at radius 2 is 1.70 bits per heavy atom. The lowest BCUT2D eigenvalue weighted by atomic mass is 10.2. The van der Waals surface area contributed by atoms with Gasteiger partial charge in [0.25, 0.3) is 0 Å². The average Bonchev–Trinajstić information content (AvgIpc) is 2.47. The number of benzene rings is 2. The van der Waals surface area contributed by atoms with E-state index in [0.717, 1.165) is 0 Å². The van der Waals surface area contributed by atoms with E-state index >= 15 is 0 Å². The van der Waals surface area contributed by atoms with Crippen LogP contribution in [-0.4, -0.2) is 12.2 Å². The zero-order valence-corrected chi connectivity index (χ0v) is 10.5. The molecule has 5 heteroatoms. The summed E-state index contributed by atoms with van der Waals surface area (Å²) in [4.78, 5) is 26.1. The molecule has 0 bridgehead atoms. The van der Waals surface area contributed by atoms with Gasteiger partial charge in [0.05, 0.1) is 12.2 Å². The van der Waals surface area contributed by atoms with E-state index in [1.165, 1.54) is 24.3 Å². The second-order valence-corrected chi connectivity index (χ2v) is 3.58. The van der Waals surface area contributed by atoms with E-state index in [9.17, 15) is 14.0 Å². The molecule has 2 aromatic rings. The summed E-state index contributed by atoms with van der Waals surface area (Å²) in [5.74, 6) is -0.316. The molecular formula is C15H11FN2O2. The standard InChI is InChI=1S/C8H6FNO.C7H5NO/c9-8-3-1-2-7(4-8)5-10-6-11;9-6-8-7-4-2-1-3-5-7/h1-4H,5H2;1-5H. The number of nitrogens with zero attached hydrogens (tertiary/aromatic N) is 2. The zero-order valence-electron chi connectivity index (χ0n) is 10.5. The third-order valence-electron chi connectivity index (χ3n) is 2.15. The Balaban J connectivity index is 0.000000204. The minimum Gasteiger partial charge on any atom is -0.211 e. The first-order chi connectivity index (χ1) is 9.76. The van der Waals surface area contributed by atoms with Crippen LogP contribution in [0.15, 0.2) is 64.6 Å². The third kappa shape index (κ3) is 6.17. The fourth-order valence-corrected chi connectivity index (χ4v) is 1.31. The van der Waals surface area contributed by atoms with E-state index in [0.29, 0.717) is 11.3 Å². The lowest BCUT2D eigenvalue weighted by Crippen LogP contribution is -1.81. The van der Waals surface area contributed by atoms with Gasteiger partial charge in [0.2, 0.25) is 12.2 Å². The largest absolute Gasteiger partial charge is 0.240 e. The van der Waals surface area contributed by atoms with Crippen molar-refractivity contribution in [2.45, 2.75) is 6.54 Å². The van der Waals surface area contributed by atoms with Crippen molar-refractivity contribution >= 4 is 17.8 Å². The van der Waals surface area contributed by atoms with Gasteiger partial charge in [-0.25, -0.2) is 19.0 Å². The highest BCUT2D eigenvalue weighted by Crippen LogP contribution is 2.07. The van der Waals surface area contributed by atoms with Gasteiger partial charge in [0.1, 0.15) is 5.82 Å². The quantitative estimate of drug-likeness (QED) is 0.634. The lowest BCUT2D eigenvalue weighted by Gasteiger charge is -1.92. The topological polar surface area (TPSA) is 58.9 Å². The maximum Gasteiger partial charge on any atom is 0.240 e. The van der Waals surface area contributed by atoms with Crippen LogP contribution in [0.25, 0.3) is 0 Å². The lowest BCUT2D eigenvalue weighted by molar-refractivity contribution is 0.562. The number of aliphatic imine (C=N–C) groups is 2. The molecule has 0 saturated heterocycles. The van der Waals surface area contributed by atoms with Crippen LogP contribution in [0.5, 0.6) is 0 Å². The number of carbonyl (C=O) groups excluding carboxylic acids is 2. The van der Waals surface area contributed by atoms with Crippen molar-refractivity contribution < 1.29 is 14.0 Å². The molecule has 0 fully saturated rings. The predicted molar refractivity (Wildman–Crippen MR) is 72.4 cm³/mol. The maximum atomic E-state index is 12.5. The van der Waals surface area contributed by atoms with Crippen molar-refractivity contribution in [2.75, 3.05) is 0 Å². The Morgan fingerprint density at radius 1 is 0.950 bits per heavy atom.